The van der Waals surface area contributed by atoms with Crippen LogP contribution in [-0.4, -0.2) is 45.2 Å². The normalized spacial score (nSPS) is 15.3. The minimum Gasteiger partial charge on any atom is -0.369 e. The first-order chi connectivity index (χ1) is 9.66. The number of nitrogens with zero attached hydrogens (tertiary/aromatic N) is 2. The molecule has 3 nitrogen and oxygen atoms in total. The lowest BCUT2D eigenvalue weighted by molar-refractivity contribution is 0.394. The highest BCUT2D eigenvalue weighted by Crippen LogP contribution is 2.24. The van der Waals surface area contributed by atoms with Crippen LogP contribution >= 0.6 is 0 Å². The highest BCUT2D eigenvalue weighted by Gasteiger charge is 2.16. The molecule has 1 aliphatic heterocycles. The second-order valence-electron chi connectivity index (χ2n) is 5.81. The first-order valence-corrected chi connectivity index (χ1v) is 7.55. The topological polar surface area (TPSA) is 18.5 Å². The van der Waals surface area contributed by atoms with Crippen molar-refractivity contribution >= 4 is 5.69 Å². The monoisotopic (exact) mass is 279 g/mol. The average Bonchev–Trinajstić information content (AvgIpc) is 2.93. The molecule has 0 atom stereocenters. The van der Waals surface area contributed by atoms with E-state index in [1.54, 1.807) is 6.07 Å². The Kier molecular flexibility index (Phi) is 5.80. The summed E-state index contributed by atoms with van der Waals surface area (Å²) in [5.74, 6) is -0.0942. The first kappa shape index (κ1) is 15.3. The van der Waals surface area contributed by atoms with Crippen LogP contribution in [0.15, 0.2) is 18.2 Å². The van der Waals surface area contributed by atoms with E-state index >= 15 is 0 Å². The van der Waals surface area contributed by atoms with Gasteiger partial charge in [0.05, 0.1) is 5.69 Å². The Labute approximate surface area is 121 Å². The van der Waals surface area contributed by atoms with E-state index in [0.29, 0.717) is 0 Å². The van der Waals surface area contributed by atoms with E-state index < -0.39 is 0 Å². The van der Waals surface area contributed by atoms with Crippen LogP contribution < -0.4 is 10.2 Å². The van der Waals surface area contributed by atoms with Gasteiger partial charge < -0.3 is 15.1 Å². The molecule has 0 aromatic heterocycles. The first-order valence-electron chi connectivity index (χ1n) is 7.55. The zero-order valence-corrected chi connectivity index (χ0v) is 12.7. The lowest BCUT2D eigenvalue weighted by atomic mass is 10.1. The standard InChI is InChI=1S/C16H26FN3/c1-19(2)9-5-8-18-13-14-6-7-15(17)16(12-14)20-10-3-4-11-20/h6-7,12,18H,3-5,8-11,13H2,1-2H3. The zero-order valence-electron chi connectivity index (χ0n) is 12.7. The molecule has 0 aliphatic carbocycles. The fourth-order valence-electron chi connectivity index (χ4n) is 2.62. The van der Waals surface area contributed by atoms with Crippen LogP contribution in [0.4, 0.5) is 10.1 Å². The van der Waals surface area contributed by atoms with Crippen molar-refractivity contribution in [1.29, 1.82) is 0 Å². The van der Waals surface area contributed by atoms with Gasteiger partial charge in [0, 0.05) is 19.6 Å². The molecule has 112 valence electrons. The molecule has 20 heavy (non-hydrogen) atoms. The molecular formula is C16H26FN3. The van der Waals surface area contributed by atoms with Crippen molar-refractivity contribution in [3.05, 3.63) is 29.6 Å². The lowest BCUT2D eigenvalue weighted by Gasteiger charge is -2.19. The van der Waals surface area contributed by atoms with Crippen LogP contribution in [0.1, 0.15) is 24.8 Å². The summed E-state index contributed by atoms with van der Waals surface area (Å²) in [5.41, 5.74) is 1.94. The van der Waals surface area contributed by atoms with E-state index in [0.717, 1.165) is 50.4 Å². The summed E-state index contributed by atoms with van der Waals surface area (Å²) < 4.78 is 13.9. The van der Waals surface area contributed by atoms with Gasteiger partial charge in [0.1, 0.15) is 5.82 Å². The third-order valence-electron chi connectivity index (χ3n) is 3.75. The van der Waals surface area contributed by atoms with Crippen LogP contribution in [0.2, 0.25) is 0 Å². The largest absolute Gasteiger partial charge is 0.369 e. The molecule has 4 heteroatoms. The molecule has 1 N–H and O–H groups in total. The lowest BCUT2D eigenvalue weighted by Crippen LogP contribution is -2.22. The molecule has 0 saturated carbocycles. The number of anilines is 1. The number of benzene rings is 1. The molecule has 1 aromatic carbocycles. The van der Waals surface area contributed by atoms with Crippen LogP contribution in [0.25, 0.3) is 0 Å². The van der Waals surface area contributed by atoms with Gasteiger partial charge in [-0.1, -0.05) is 6.07 Å². The minimum atomic E-state index is -0.0942. The van der Waals surface area contributed by atoms with Gasteiger partial charge in [0.15, 0.2) is 0 Å². The molecule has 2 rings (SSSR count). The molecule has 1 fully saturated rings. The summed E-state index contributed by atoms with van der Waals surface area (Å²) in [6.45, 7) is 4.87. The quantitative estimate of drug-likeness (QED) is 0.774. The molecule has 0 spiro atoms. The van der Waals surface area contributed by atoms with Gasteiger partial charge in [-0.3, -0.25) is 0 Å². The number of halogens is 1. The molecule has 0 unspecified atom stereocenters. The fourth-order valence-corrected chi connectivity index (χ4v) is 2.62. The van der Waals surface area contributed by atoms with Crippen molar-refractivity contribution in [2.24, 2.45) is 0 Å². The van der Waals surface area contributed by atoms with Gasteiger partial charge >= 0.3 is 0 Å². The molecule has 1 heterocycles. The molecular weight excluding hydrogens is 253 g/mol. The molecule has 1 aromatic rings. The van der Waals surface area contributed by atoms with E-state index in [-0.39, 0.29) is 5.82 Å². The third kappa shape index (κ3) is 4.46. The maximum absolute atomic E-state index is 13.9. The van der Waals surface area contributed by atoms with E-state index in [1.165, 1.54) is 12.8 Å². The Morgan fingerprint density at radius 3 is 2.70 bits per heavy atom. The Hall–Kier alpha value is -1.13. The van der Waals surface area contributed by atoms with Crippen molar-refractivity contribution in [1.82, 2.24) is 10.2 Å². The highest BCUT2D eigenvalue weighted by molar-refractivity contribution is 5.50. The van der Waals surface area contributed by atoms with Gasteiger partial charge in [-0.15, -0.1) is 0 Å². The summed E-state index contributed by atoms with van der Waals surface area (Å²) in [5, 5.41) is 3.43. The number of hydrogen-bond donors (Lipinski definition) is 1. The second-order valence-corrected chi connectivity index (χ2v) is 5.81. The Morgan fingerprint density at radius 1 is 1.25 bits per heavy atom. The maximum Gasteiger partial charge on any atom is 0.146 e. The summed E-state index contributed by atoms with van der Waals surface area (Å²) in [6, 6.07) is 5.48. The predicted molar refractivity (Wildman–Crippen MR) is 82.7 cm³/mol. The third-order valence-corrected chi connectivity index (χ3v) is 3.75. The van der Waals surface area contributed by atoms with Crippen LogP contribution in [0, 0.1) is 5.82 Å². The van der Waals surface area contributed by atoms with Gasteiger partial charge in [0.25, 0.3) is 0 Å². The Bertz CT molecular complexity index is 414. The predicted octanol–water partition coefficient (Wildman–Crippen LogP) is 2.47. The van der Waals surface area contributed by atoms with E-state index in [1.807, 2.05) is 12.1 Å². The zero-order chi connectivity index (χ0) is 14.4. The minimum absolute atomic E-state index is 0.0942. The SMILES string of the molecule is CN(C)CCCNCc1ccc(F)c(N2CCCC2)c1. The summed E-state index contributed by atoms with van der Waals surface area (Å²) >= 11 is 0. The van der Waals surface area contributed by atoms with E-state index in [2.05, 4.69) is 29.2 Å². The Balaban J connectivity index is 1.84. The van der Waals surface area contributed by atoms with Gasteiger partial charge in [-0.2, -0.15) is 0 Å². The molecule has 0 amide bonds. The van der Waals surface area contributed by atoms with Crippen molar-refractivity contribution in [2.75, 3.05) is 45.2 Å². The fraction of sp³-hybridized carbons (Fsp3) is 0.625. The van der Waals surface area contributed by atoms with E-state index in [9.17, 15) is 4.39 Å². The van der Waals surface area contributed by atoms with Gasteiger partial charge in [-0.25, -0.2) is 4.39 Å². The summed E-state index contributed by atoms with van der Waals surface area (Å²) in [7, 11) is 4.17. The Morgan fingerprint density at radius 2 is 2.00 bits per heavy atom. The van der Waals surface area contributed by atoms with Crippen LogP contribution in [0.5, 0.6) is 0 Å². The van der Waals surface area contributed by atoms with Crippen molar-refractivity contribution in [3.63, 3.8) is 0 Å². The summed E-state index contributed by atoms with van der Waals surface area (Å²) in [4.78, 5) is 4.34. The number of hydrogen-bond acceptors (Lipinski definition) is 3. The average molecular weight is 279 g/mol. The molecule has 0 bridgehead atoms. The highest BCUT2D eigenvalue weighted by atomic mass is 19.1. The van der Waals surface area contributed by atoms with Crippen molar-refractivity contribution < 1.29 is 4.39 Å². The van der Waals surface area contributed by atoms with Crippen molar-refractivity contribution in [2.45, 2.75) is 25.8 Å². The summed E-state index contributed by atoms with van der Waals surface area (Å²) in [6.07, 6.45) is 3.48. The molecule has 1 saturated heterocycles. The van der Waals surface area contributed by atoms with Crippen LogP contribution in [-0.2, 0) is 6.54 Å². The van der Waals surface area contributed by atoms with Crippen molar-refractivity contribution in [3.8, 4) is 0 Å². The number of nitrogens with one attached hydrogen (secondary N) is 1. The second kappa shape index (κ2) is 7.60. The molecule has 1 aliphatic rings. The van der Waals surface area contributed by atoms with Gasteiger partial charge in [-0.05, 0) is 64.1 Å². The van der Waals surface area contributed by atoms with E-state index in [4.69, 9.17) is 0 Å². The molecule has 0 radical (unpaired) electrons. The smallest absolute Gasteiger partial charge is 0.146 e. The van der Waals surface area contributed by atoms with Gasteiger partial charge in [0.2, 0.25) is 0 Å². The maximum atomic E-state index is 13.9. The number of rotatable bonds is 7. The van der Waals surface area contributed by atoms with Crippen LogP contribution in [0.3, 0.4) is 0 Å².